The zero-order valence-electron chi connectivity index (χ0n) is 12.0. The third kappa shape index (κ3) is 4.22. The van der Waals surface area contributed by atoms with Crippen molar-refractivity contribution in [1.82, 2.24) is 20.1 Å². The van der Waals surface area contributed by atoms with Crippen LogP contribution < -0.4 is 5.32 Å². The van der Waals surface area contributed by atoms with E-state index in [0.717, 1.165) is 17.7 Å². The molecule has 0 saturated heterocycles. The molecular weight excluding hydrogens is 308 g/mol. The first-order chi connectivity index (χ1) is 10.1. The molecule has 0 unspecified atom stereocenters. The molecule has 0 radical (unpaired) electrons. The SMILES string of the molecule is CCCNC(=O)CSc1nncn1-c1ccc(C)c(Cl)c1. The number of rotatable bonds is 6. The molecule has 5 nitrogen and oxygen atoms in total. The zero-order chi connectivity index (χ0) is 15.2. The van der Waals surface area contributed by atoms with Crippen LogP contribution in [0.2, 0.25) is 5.02 Å². The molecule has 0 spiro atoms. The average Bonchev–Trinajstić information content (AvgIpc) is 2.94. The Bertz CT molecular complexity index is 629. The molecule has 112 valence electrons. The second-order valence-electron chi connectivity index (χ2n) is 4.56. The van der Waals surface area contributed by atoms with E-state index in [1.165, 1.54) is 11.8 Å². The third-order valence-electron chi connectivity index (χ3n) is 2.85. The number of hydrogen-bond donors (Lipinski definition) is 1. The van der Waals surface area contributed by atoms with Crippen molar-refractivity contribution in [3.63, 3.8) is 0 Å². The number of nitrogens with one attached hydrogen (secondary N) is 1. The topological polar surface area (TPSA) is 59.8 Å². The fourth-order valence-corrected chi connectivity index (χ4v) is 2.61. The van der Waals surface area contributed by atoms with Gasteiger partial charge in [0.2, 0.25) is 5.91 Å². The van der Waals surface area contributed by atoms with E-state index in [1.54, 1.807) is 6.33 Å². The standard InChI is InChI=1S/C14H17ClN4OS/c1-3-6-16-13(20)8-21-14-18-17-9-19(14)11-5-4-10(2)12(15)7-11/h4-5,7,9H,3,6,8H2,1-2H3,(H,16,20). The third-order valence-corrected chi connectivity index (χ3v) is 4.20. The highest BCUT2D eigenvalue weighted by Crippen LogP contribution is 2.23. The van der Waals surface area contributed by atoms with Crippen molar-refractivity contribution in [2.45, 2.75) is 25.4 Å². The van der Waals surface area contributed by atoms with E-state index in [1.807, 2.05) is 36.6 Å². The van der Waals surface area contributed by atoms with Gasteiger partial charge in [0.15, 0.2) is 5.16 Å². The van der Waals surface area contributed by atoms with E-state index in [4.69, 9.17) is 11.6 Å². The molecule has 1 aromatic heterocycles. The van der Waals surface area contributed by atoms with Gasteiger partial charge in [0, 0.05) is 11.6 Å². The lowest BCUT2D eigenvalue weighted by Crippen LogP contribution is -2.25. The van der Waals surface area contributed by atoms with Gasteiger partial charge in [-0.1, -0.05) is 36.4 Å². The lowest BCUT2D eigenvalue weighted by molar-refractivity contribution is -0.118. The first kappa shape index (κ1) is 15.9. The Hall–Kier alpha value is -1.53. The minimum Gasteiger partial charge on any atom is -0.355 e. The summed E-state index contributed by atoms with van der Waals surface area (Å²) in [6.07, 6.45) is 2.54. The van der Waals surface area contributed by atoms with Crippen LogP contribution in [0.1, 0.15) is 18.9 Å². The molecule has 21 heavy (non-hydrogen) atoms. The van der Waals surface area contributed by atoms with Crippen LogP contribution in [-0.4, -0.2) is 33.0 Å². The number of nitrogens with zero attached hydrogens (tertiary/aromatic N) is 3. The minimum absolute atomic E-state index is 0.00154. The Morgan fingerprint density at radius 2 is 2.29 bits per heavy atom. The van der Waals surface area contributed by atoms with E-state index in [0.29, 0.717) is 22.5 Å². The van der Waals surface area contributed by atoms with Gasteiger partial charge in [0.25, 0.3) is 0 Å². The quantitative estimate of drug-likeness (QED) is 0.830. The van der Waals surface area contributed by atoms with Gasteiger partial charge >= 0.3 is 0 Å². The van der Waals surface area contributed by atoms with E-state index in [-0.39, 0.29) is 5.91 Å². The predicted molar refractivity (Wildman–Crippen MR) is 85.1 cm³/mol. The number of halogens is 1. The zero-order valence-corrected chi connectivity index (χ0v) is 13.5. The number of carbonyl (C=O) groups excluding carboxylic acids is 1. The van der Waals surface area contributed by atoms with E-state index in [9.17, 15) is 4.79 Å². The monoisotopic (exact) mass is 324 g/mol. The summed E-state index contributed by atoms with van der Waals surface area (Å²) in [5.41, 5.74) is 1.90. The molecule has 0 fully saturated rings. The highest BCUT2D eigenvalue weighted by Gasteiger charge is 2.10. The smallest absolute Gasteiger partial charge is 0.230 e. The van der Waals surface area contributed by atoms with Crippen LogP contribution in [0, 0.1) is 6.92 Å². The van der Waals surface area contributed by atoms with Crippen LogP contribution in [0.3, 0.4) is 0 Å². The number of aryl methyl sites for hydroxylation is 1. The molecule has 0 bridgehead atoms. The van der Waals surface area contributed by atoms with E-state index in [2.05, 4.69) is 15.5 Å². The average molecular weight is 325 g/mol. The molecule has 1 N–H and O–H groups in total. The molecule has 0 atom stereocenters. The number of benzene rings is 1. The fraction of sp³-hybridized carbons (Fsp3) is 0.357. The van der Waals surface area contributed by atoms with Crippen molar-refractivity contribution in [3.8, 4) is 5.69 Å². The highest BCUT2D eigenvalue weighted by molar-refractivity contribution is 7.99. The largest absolute Gasteiger partial charge is 0.355 e. The van der Waals surface area contributed by atoms with Gasteiger partial charge in [-0.25, -0.2) is 0 Å². The number of carbonyl (C=O) groups is 1. The maximum absolute atomic E-state index is 11.6. The van der Waals surface area contributed by atoms with Crippen molar-refractivity contribution in [2.24, 2.45) is 0 Å². The predicted octanol–water partition coefficient (Wildman–Crippen LogP) is 2.85. The summed E-state index contributed by atoms with van der Waals surface area (Å²) >= 11 is 7.49. The van der Waals surface area contributed by atoms with Gasteiger partial charge in [-0.15, -0.1) is 10.2 Å². The lowest BCUT2D eigenvalue weighted by atomic mass is 10.2. The number of hydrogen-bond acceptors (Lipinski definition) is 4. The fourth-order valence-electron chi connectivity index (χ4n) is 1.68. The van der Waals surface area contributed by atoms with Gasteiger partial charge in [-0.05, 0) is 31.0 Å². The van der Waals surface area contributed by atoms with Crippen LogP contribution in [-0.2, 0) is 4.79 Å². The maximum atomic E-state index is 11.6. The lowest BCUT2D eigenvalue weighted by Gasteiger charge is -2.08. The van der Waals surface area contributed by atoms with Gasteiger partial charge in [0.05, 0.1) is 11.4 Å². The summed E-state index contributed by atoms with van der Waals surface area (Å²) in [7, 11) is 0. The highest BCUT2D eigenvalue weighted by atomic mass is 35.5. The normalized spacial score (nSPS) is 10.6. The summed E-state index contributed by atoms with van der Waals surface area (Å²) in [6.45, 7) is 4.66. The minimum atomic E-state index is -0.00154. The van der Waals surface area contributed by atoms with Crippen LogP contribution in [0.5, 0.6) is 0 Å². The molecular formula is C14H17ClN4OS. The van der Waals surface area contributed by atoms with Crippen molar-refractivity contribution < 1.29 is 4.79 Å². The molecule has 2 rings (SSSR count). The van der Waals surface area contributed by atoms with Crippen LogP contribution in [0.4, 0.5) is 0 Å². The Morgan fingerprint density at radius 1 is 1.48 bits per heavy atom. The molecule has 2 aromatic rings. The van der Waals surface area contributed by atoms with Crippen LogP contribution >= 0.6 is 23.4 Å². The molecule has 1 heterocycles. The Balaban J connectivity index is 2.08. The van der Waals surface area contributed by atoms with E-state index < -0.39 is 0 Å². The summed E-state index contributed by atoms with van der Waals surface area (Å²) in [6, 6.07) is 5.76. The molecule has 0 saturated carbocycles. The Kier molecular flexibility index (Phi) is 5.64. The Labute approximate surface area is 133 Å². The first-order valence-electron chi connectivity index (χ1n) is 6.68. The van der Waals surface area contributed by atoms with Crippen molar-refractivity contribution in [1.29, 1.82) is 0 Å². The molecule has 7 heteroatoms. The molecule has 1 amide bonds. The van der Waals surface area contributed by atoms with Gasteiger partial charge in [-0.3, -0.25) is 9.36 Å². The van der Waals surface area contributed by atoms with Crippen LogP contribution in [0.25, 0.3) is 5.69 Å². The number of thioether (sulfide) groups is 1. The summed E-state index contributed by atoms with van der Waals surface area (Å²) in [5, 5.41) is 12.2. The molecule has 0 aliphatic carbocycles. The number of aromatic nitrogens is 3. The second-order valence-corrected chi connectivity index (χ2v) is 5.91. The van der Waals surface area contributed by atoms with Crippen molar-refractivity contribution >= 4 is 29.3 Å². The molecule has 0 aliphatic heterocycles. The van der Waals surface area contributed by atoms with Gasteiger partial charge < -0.3 is 5.32 Å². The van der Waals surface area contributed by atoms with E-state index >= 15 is 0 Å². The summed E-state index contributed by atoms with van der Waals surface area (Å²) in [5.74, 6) is 0.316. The number of amides is 1. The summed E-state index contributed by atoms with van der Waals surface area (Å²) in [4.78, 5) is 11.6. The first-order valence-corrected chi connectivity index (χ1v) is 8.04. The summed E-state index contributed by atoms with van der Waals surface area (Å²) < 4.78 is 1.82. The molecule has 1 aromatic carbocycles. The second kappa shape index (κ2) is 7.47. The van der Waals surface area contributed by atoms with Crippen molar-refractivity contribution in [3.05, 3.63) is 35.1 Å². The van der Waals surface area contributed by atoms with Gasteiger partial charge in [-0.2, -0.15) is 0 Å². The maximum Gasteiger partial charge on any atom is 0.230 e. The molecule has 0 aliphatic rings. The van der Waals surface area contributed by atoms with Crippen molar-refractivity contribution in [2.75, 3.05) is 12.3 Å². The van der Waals surface area contributed by atoms with Gasteiger partial charge in [0.1, 0.15) is 6.33 Å². The Morgan fingerprint density at radius 3 is 3.00 bits per heavy atom. The van der Waals surface area contributed by atoms with Crippen LogP contribution in [0.15, 0.2) is 29.7 Å².